The van der Waals surface area contributed by atoms with E-state index in [1.807, 2.05) is 24.3 Å². The standard InChI is InChI=1S/C20H20Cl2O6/c21-13-7-3-1-5-11(13)19-26-10-16(27-19)18-17(24)15(23)9-25-20(28-18)12-6-2-4-8-14(12)22/h1-8,15-20,23-24H,9-10H2/t15-,16+,17-,18-,19?,20?/m1/s1. The molecular weight excluding hydrogens is 407 g/mol. The third-order valence-electron chi connectivity index (χ3n) is 4.82. The lowest BCUT2D eigenvalue weighted by atomic mass is 10.0. The van der Waals surface area contributed by atoms with Gasteiger partial charge in [0.05, 0.1) is 13.2 Å². The summed E-state index contributed by atoms with van der Waals surface area (Å²) in [5.41, 5.74) is 1.30. The van der Waals surface area contributed by atoms with Crippen molar-refractivity contribution < 1.29 is 29.2 Å². The fraction of sp³-hybridized carbons (Fsp3) is 0.400. The van der Waals surface area contributed by atoms with Crippen molar-refractivity contribution in [1.82, 2.24) is 0 Å². The van der Waals surface area contributed by atoms with Crippen LogP contribution in [0, 0.1) is 0 Å². The van der Waals surface area contributed by atoms with Crippen molar-refractivity contribution in [1.29, 1.82) is 0 Å². The van der Waals surface area contributed by atoms with Gasteiger partial charge in [0, 0.05) is 21.2 Å². The van der Waals surface area contributed by atoms with Crippen molar-refractivity contribution in [2.24, 2.45) is 0 Å². The molecule has 8 heteroatoms. The van der Waals surface area contributed by atoms with Gasteiger partial charge in [-0.1, -0.05) is 59.6 Å². The Hall–Kier alpha value is -1.22. The molecule has 6 nitrogen and oxygen atoms in total. The highest BCUT2D eigenvalue weighted by molar-refractivity contribution is 6.31. The number of rotatable bonds is 3. The second-order valence-electron chi connectivity index (χ2n) is 6.71. The maximum absolute atomic E-state index is 10.6. The number of halogens is 2. The molecule has 2 saturated heterocycles. The lowest BCUT2D eigenvalue weighted by Gasteiger charge is -2.28. The van der Waals surface area contributed by atoms with E-state index in [1.54, 1.807) is 24.3 Å². The van der Waals surface area contributed by atoms with Gasteiger partial charge in [-0.05, 0) is 12.1 Å². The van der Waals surface area contributed by atoms with Crippen LogP contribution in [0.5, 0.6) is 0 Å². The second kappa shape index (κ2) is 8.65. The van der Waals surface area contributed by atoms with E-state index in [-0.39, 0.29) is 13.2 Å². The van der Waals surface area contributed by atoms with Gasteiger partial charge < -0.3 is 29.2 Å². The maximum Gasteiger partial charge on any atom is 0.185 e. The van der Waals surface area contributed by atoms with Crippen LogP contribution in [-0.4, -0.2) is 47.8 Å². The molecule has 0 spiro atoms. The van der Waals surface area contributed by atoms with Crippen LogP contribution in [0.3, 0.4) is 0 Å². The zero-order valence-corrected chi connectivity index (χ0v) is 16.3. The van der Waals surface area contributed by atoms with Crippen LogP contribution in [0.4, 0.5) is 0 Å². The maximum atomic E-state index is 10.6. The summed E-state index contributed by atoms with van der Waals surface area (Å²) in [5.74, 6) is 0. The summed E-state index contributed by atoms with van der Waals surface area (Å²) in [6, 6.07) is 14.3. The molecular formula is C20H20Cl2O6. The van der Waals surface area contributed by atoms with Crippen LogP contribution >= 0.6 is 23.2 Å². The molecule has 2 N–H and O–H groups in total. The lowest BCUT2D eigenvalue weighted by molar-refractivity contribution is -0.200. The predicted octanol–water partition coefficient (Wildman–Crippen LogP) is 3.24. The first kappa shape index (κ1) is 20.1. The number of aliphatic hydroxyl groups is 2. The summed E-state index contributed by atoms with van der Waals surface area (Å²) < 4.78 is 23.3. The molecule has 0 radical (unpaired) electrons. The van der Waals surface area contributed by atoms with Gasteiger partial charge in [-0.15, -0.1) is 0 Å². The van der Waals surface area contributed by atoms with Gasteiger partial charge in [-0.2, -0.15) is 0 Å². The Morgan fingerprint density at radius 3 is 1.89 bits per heavy atom. The Morgan fingerprint density at radius 2 is 1.29 bits per heavy atom. The average Bonchev–Trinajstić information content (AvgIpc) is 3.12. The third kappa shape index (κ3) is 4.06. The average molecular weight is 427 g/mol. The zero-order valence-electron chi connectivity index (χ0n) is 14.8. The fourth-order valence-electron chi connectivity index (χ4n) is 3.32. The highest BCUT2D eigenvalue weighted by atomic mass is 35.5. The molecule has 0 aromatic heterocycles. The molecule has 4 rings (SSSR count). The van der Waals surface area contributed by atoms with Gasteiger partial charge in [0.15, 0.2) is 12.6 Å². The van der Waals surface area contributed by atoms with Crippen molar-refractivity contribution in [2.45, 2.75) is 37.0 Å². The summed E-state index contributed by atoms with van der Waals surface area (Å²) in [6.07, 6.45) is -5.40. The van der Waals surface area contributed by atoms with Crippen LogP contribution in [0.15, 0.2) is 48.5 Å². The minimum atomic E-state index is -1.22. The molecule has 2 aliphatic rings. The molecule has 0 amide bonds. The summed E-state index contributed by atoms with van der Waals surface area (Å²) >= 11 is 12.5. The molecule has 0 saturated carbocycles. The van der Waals surface area contributed by atoms with E-state index in [0.29, 0.717) is 21.2 Å². The van der Waals surface area contributed by atoms with E-state index in [1.165, 1.54) is 0 Å². The molecule has 150 valence electrons. The molecule has 2 aromatic carbocycles. The summed E-state index contributed by atoms with van der Waals surface area (Å²) in [7, 11) is 0. The van der Waals surface area contributed by atoms with Gasteiger partial charge in [-0.25, -0.2) is 0 Å². The van der Waals surface area contributed by atoms with E-state index in [2.05, 4.69) is 0 Å². The number of benzene rings is 2. The molecule has 2 fully saturated rings. The first-order chi connectivity index (χ1) is 13.5. The fourth-order valence-corrected chi connectivity index (χ4v) is 3.77. The largest absolute Gasteiger partial charge is 0.388 e. The van der Waals surface area contributed by atoms with E-state index >= 15 is 0 Å². The van der Waals surface area contributed by atoms with Gasteiger partial charge in [0.2, 0.25) is 0 Å². The van der Waals surface area contributed by atoms with Gasteiger partial charge >= 0.3 is 0 Å². The number of hydrogen-bond acceptors (Lipinski definition) is 6. The first-order valence-electron chi connectivity index (χ1n) is 8.93. The molecule has 28 heavy (non-hydrogen) atoms. The van der Waals surface area contributed by atoms with Crippen LogP contribution in [0.2, 0.25) is 10.0 Å². The quantitative estimate of drug-likeness (QED) is 0.784. The lowest BCUT2D eigenvalue weighted by Crippen LogP contribution is -2.46. The summed E-state index contributed by atoms with van der Waals surface area (Å²) in [5, 5.41) is 21.8. The Labute approximate surface area is 172 Å². The van der Waals surface area contributed by atoms with Crippen LogP contribution in [0.25, 0.3) is 0 Å². The number of aliphatic hydroxyl groups excluding tert-OH is 2. The van der Waals surface area contributed by atoms with Crippen LogP contribution < -0.4 is 0 Å². The minimum Gasteiger partial charge on any atom is -0.388 e. The highest BCUT2D eigenvalue weighted by Crippen LogP contribution is 2.37. The Kier molecular flexibility index (Phi) is 6.20. The van der Waals surface area contributed by atoms with Crippen molar-refractivity contribution >= 4 is 23.2 Å². The minimum absolute atomic E-state index is 0.102. The predicted molar refractivity (Wildman–Crippen MR) is 102 cm³/mol. The topological polar surface area (TPSA) is 77.4 Å². The molecule has 0 bridgehead atoms. The zero-order chi connectivity index (χ0) is 19.7. The van der Waals surface area contributed by atoms with Crippen LogP contribution in [-0.2, 0) is 18.9 Å². The molecule has 6 atom stereocenters. The Bertz CT molecular complexity index is 819. The summed E-state index contributed by atoms with van der Waals surface area (Å²) in [6.45, 7) is 0.0641. The second-order valence-corrected chi connectivity index (χ2v) is 7.52. The van der Waals surface area contributed by atoms with E-state index in [9.17, 15) is 10.2 Å². The van der Waals surface area contributed by atoms with E-state index in [0.717, 1.165) is 0 Å². The SMILES string of the molecule is O[C@H]1[C@@H]([C@@H]2COC(c3ccccc3Cl)O2)OC(c2ccccc2Cl)OC[C@H]1O. The molecule has 2 heterocycles. The monoisotopic (exact) mass is 426 g/mol. The Balaban J connectivity index is 1.55. The molecule has 2 aliphatic heterocycles. The van der Waals surface area contributed by atoms with Gasteiger partial charge in [-0.3, -0.25) is 0 Å². The first-order valence-corrected chi connectivity index (χ1v) is 9.69. The number of hydrogen-bond donors (Lipinski definition) is 2. The third-order valence-corrected chi connectivity index (χ3v) is 5.51. The summed E-state index contributed by atoms with van der Waals surface area (Å²) in [4.78, 5) is 0. The van der Waals surface area contributed by atoms with Gasteiger partial charge in [0.25, 0.3) is 0 Å². The van der Waals surface area contributed by atoms with Crippen molar-refractivity contribution in [3.05, 3.63) is 69.7 Å². The Morgan fingerprint density at radius 1 is 0.750 bits per heavy atom. The molecule has 2 aromatic rings. The van der Waals surface area contributed by atoms with Gasteiger partial charge in [0.1, 0.15) is 24.4 Å². The van der Waals surface area contributed by atoms with Crippen LogP contribution in [0.1, 0.15) is 23.7 Å². The highest BCUT2D eigenvalue weighted by Gasteiger charge is 2.44. The van der Waals surface area contributed by atoms with Crippen molar-refractivity contribution in [2.75, 3.05) is 13.2 Å². The molecule has 0 aliphatic carbocycles. The van der Waals surface area contributed by atoms with E-state index in [4.69, 9.17) is 42.1 Å². The number of ether oxygens (including phenoxy) is 4. The molecule has 2 unspecified atom stereocenters. The van der Waals surface area contributed by atoms with Crippen molar-refractivity contribution in [3.63, 3.8) is 0 Å². The van der Waals surface area contributed by atoms with Crippen molar-refractivity contribution in [3.8, 4) is 0 Å². The van der Waals surface area contributed by atoms with E-state index < -0.39 is 37.0 Å². The normalized spacial score (nSPS) is 33.6. The smallest absolute Gasteiger partial charge is 0.185 e.